The third-order valence-corrected chi connectivity index (χ3v) is 5.43. The molecule has 8 heteroatoms. The van der Waals surface area contributed by atoms with Gasteiger partial charge in [0.15, 0.2) is 11.0 Å². The SMILES string of the molecule is CCn1c(S/C(=C\c2cccs2)C(=O)O)nnc1-c1ccc(Cl)cc1. The first-order valence-corrected chi connectivity index (χ1v) is 9.51. The van der Waals surface area contributed by atoms with Crippen LogP contribution in [0.4, 0.5) is 0 Å². The minimum atomic E-state index is -0.989. The summed E-state index contributed by atoms with van der Waals surface area (Å²) in [6, 6.07) is 11.1. The van der Waals surface area contributed by atoms with Crippen molar-refractivity contribution in [2.24, 2.45) is 0 Å². The maximum atomic E-state index is 11.6. The van der Waals surface area contributed by atoms with E-state index in [0.29, 0.717) is 22.5 Å². The Labute approximate surface area is 158 Å². The van der Waals surface area contributed by atoms with Crippen molar-refractivity contribution in [3.8, 4) is 11.4 Å². The molecule has 3 aromatic rings. The molecule has 0 bridgehead atoms. The fraction of sp³-hybridized carbons (Fsp3) is 0.118. The number of halogens is 1. The van der Waals surface area contributed by atoms with Crippen molar-refractivity contribution >= 4 is 46.7 Å². The molecule has 0 aliphatic heterocycles. The van der Waals surface area contributed by atoms with Crippen molar-refractivity contribution in [1.82, 2.24) is 14.8 Å². The molecule has 3 rings (SSSR count). The molecule has 0 saturated heterocycles. The molecular formula is C17H14ClN3O2S2. The van der Waals surface area contributed by atoms with Crippen molar-refractivity contribution in [2.45, 2.75) is 18.6 Å². The smallest absolute Gasteiger partial charge is 0.342 e. The summed E-state index contributed by atoms with van der Waals surface area (Å²) < 4.78 is 1.89. The molecule has 0 aliphatic carbocycles. The van der Waals surface area contributed by atoms with Crippen molar-refractivity contribution in [2.75, 3.05) is 0 Å². The lowest BCUT2D eigenvalue weighted by Gasteiger charge is -2.07. The second-order valence-corrected chi connectivity index (χ2v) is 7.41. The van der Waals surface area contributed by atoms with Crippen molar-refractivity contribution in [1.29, 1.82) is 0 Å². The fourth-order valence-electron chi connectivity index (χ4n) is 2.20. The van der Waals surface area contributed by atoms with Gasteiger partial charge in [0, 0.05) is 22.0 Å². The Hall–Kier alpha value is -2.09. The van der Waals surface area contributed by atoms with Gasteiger partial charge >= 0.3 is 5.97 Å². The summed E-state index contributed by atoms with van der Waals surface area (Å²) in [5.41, 5.74) is 0.879. The Balaban J connectivity index is 1.94. The van der Waals surface area contributed by atoms with E-state index in [1.807, 2.05) is 41.1 Å². The van der Waals surface area contributed by atoms with E-state index in [9.17, 15) is 9.90 Å². The summed E-state index contributed by atoms with van der Waals surface area (Å²) in [6.45, 7) is 2.59. The molecule has 128 valence electrons. The summed E-state index contributed by atoms with van der Waals surface area (Å²) in [4.78, 5) is 12.7. The second kappa shape index (κ2) is 7.86. The minimum Gasteiger partial charge on any atom is -0.477 e. The fourth-order valence-corrected chi connectivity index (χ4v) is 3.93. The van der Waals surface area contributed by atoms with Crippen LogP contribution in [-0.4, -0.2) is 25.8 Å². The summed E-state index contributed by atoms with van der Waals surface area (Å²) in [5.74, 6) is -0.306. The zero-order chi connectivity index (χ0) is 17.8. The Morgan fingerprint density at radius 3 is 2.68 bits per heavy atom. The normalized spacial score (nSPS) is 11.7. The average Bonchev–Trinajstić information content (AvgIpc) is 3.24. The highest BCUT2D eigenvalue weighted by Crippen LogP contribution is 2.31. The Morgan fingerprint density at radius 1 is 1.32 bits per heavy atom. The summed E-state index contributed by atoms with van der Waals surface area (Å²) in [7, 11) is 0. The number of thiophene rings is 1. The quantitative estimate of drug-likeness (QED) is 0.478. The topological polar surface area (TPSA) is 68.0 Å². The first kappa shape index (κ1) is 17.7. The highest BCUT2D eigenvalue weighted by atomic mass is 35.5. The number of rotatable bonds is 6. The van der Waals surface area contributed by atoms with Crippen molar-refractivity contribution in [3.63, 3.8) is 0 Å². The van der Waals surface area contributed by atoms with Crippen LogP contribution in [0, 0.1) is 0 Å². The van der Waals surface area contributed by atoms with Crippen LogP contribution in [0.25, 0.3) is 17.5 Å². The largest absolute Gasteiger partial charge is 0.477 e. The standard InChI is InChI=1S/C17H14ClN3O2S2/c1-2-21-15(11-5-7-12(18)8-6-11)19-20-17(21)25-14(16(22)23)10-13-4-3-9-24-13/h3-10H,2H2,1H3,(H,22,23)/b14-10-. The van der Waals surface area contributed by atoms with Gasteiger partial charge in [-0.25, -0.2) is 4.79 Å². The minimum absolute atomic E-state index is 0.201. The zero-order valence-corrected chi connectivity index (χ0v) is 15.6. The van der Waals surface area contributed by atoms with Gasteiger partial charge in [0.1, 0.15) is 4.91 Å². The van der Waals surface area contributed by atoms with Gasteiger partial charge in [-0.3, -0.25) is 0 Å². The van der Waals surface area contributed by atoms with Crippen LogP contribution in [0.5, 0.6) is 0 Å². The number of nitrogens with zero attached hydrogens (tertiary/aromatic N) is 3. The van der Waals surface area contributed by atoms with Crippen LogP contribution in [0.2, 0.25) is 5.02 Å². The number of hydrogen-bond acceptors (Lipinski definition) is 5. The van der Waals surface area contributed by atoms with Gasteiger partial charge in [-0.1, -0.05) is 17.7 Å². The van der Waals surface area contributed by atoms with Crippen LogP contribution in [0.15, 0.2) is 51.8 Å². The molecule has 0 unspecified atom stereocenters. The van der Waals surface area contributed by atoms with Gasteiger partial charge in [-0.2, -0.15) is 0 Å². The van der Waals surface area contributed by atoms with E-state index >= 15 is 0 Å². The molecule has 0 amide bonds. The molecule has 0 radical (unpaired) electrons. The lowest BCUT2D eigenvalue weighted by molar-refractivity contribution is -0.131. The molecule has 0 aliphatic rings. The van der Waals surface area contributed by atoms with Gasteiger partial charge in [-0.05, 0) is 60.5 Å². The van der Waals surface area contributed by atoms with Gasteiger partial charge in [-0.15, -0.1) is 21.5 Å². The van der Waals surface area contributed by atoms with Gasteiger partial charge in [0.25, 0.3) is 0 Å². The predicted octanol–water partition coefficient (Wildman–Crippen LogP) is 4.90. The Bertz CT molecular complexity index is 903. The molecule has 0 saturated carbocycles. The average molecular weight is 392 g/mol. The number of carboxylic acid groups (broad SMARTS) is 1. The summed E-state index contributed by atoms with van der Waals surface area (Å²) in [5, 5.41) is 21.0. The van der Waals surface area contributed by atoms with E-state index in [1.165, 1.54) is 11.3 Å². The summed E-state index contributed by atoms with van der Waals surface area (Å²) in [6.07, 6.45) is 1.65. The van der Waals surface area contributed by atoms with Crippen LogP contribution in [0.1, 0.15) is 11.8 Å². The van der Waals surface area contributed by atoms with Crippen molar-refractivity contribution in [3.05, 3.63) is 56.6 Å². The van der Waals surface area contributed by atoms with Crippen molar-refractivity contribution < 1.29 is 9.90 Å². The van der Waals surface area contributed by atoms with Gasteiger partial charge < -0.3 is 9.67 Å². The number of carbonyl (C=O) groups is 1. The lowest BCUT2D eigenvalue weighted by atomic mass is 10.2. The molecule has 2 aromatic heterocycles. The molecule has 25 heavy (non-hydrogen) atoms. The van der Waals surface area contributed by atoms with Crippen LogP contribution in [-0.2, 0) is 11.3 Å². The van der Waals surface area contributed by atoms with E-state index in [1.54, 1.807) is 18.2 Å². The number of carboxylic acids is 1. The second-order valence-electron chi connectivity index (χ2n) is 4.99. The first-order chi connectivity index (χ1) is 12.1. The molecule has 1 N–H and O–H groups in total. The van der Waals surface area contributed by atoms with E-state index < -0.39 is 5.97 Å². The highest BCUT2D eigenvalue weighted by Gasteiger charge is 2.18. The lowest BCUT2D eigenvalue weighted by Crippen LogP contribution is -2.02. The Morgan fingerprint density at radius 2 is 2.08 bits per heavy atom. The number of thioether (sulfide) groups is 1. The maximum Gasteiger partial charge on any atom is 0.342 e. The van der Waals surface area contributed by atoms with Crippen LogP contribution >= 0.6 is 34.7 Å². The molecule has 5 nitrogen and oxygen atoms in total. The van der Waals surface area contributed by atoms with E-state index in [-0.39, 0.29) is 4.91 Å². The van der Waals surface area contributed by atoms with E-state index in [4.69, 9.17) is 11.6 Å². The number of aromatic nitrogens is 3. The number of aliphatic carboxylic acids is 1. The number of hydrogen-bond donors (Lipinski definition) is 1. The molecule has 0 atom stereocenters. The third kappa shape index (κ3) is 4.12. The maximum absolute atomic E-state index is 11.6. The van der Waals surface area contributed by atoms with E-state index in [2.05, 4.69) is 10.2 Å². The molecule has 0 fully saturated rings. The number of benzene rings is 1. The molecular weight excluding hydrogens is 378 g/mol. The van der Waals surface area contributed by atoms with Crippen LogP contribution in [0.3, 0.4) is 0 Å². The van der Waals surface area contributed by atoms with Crippen LogP contribution < -0.4 is 0 Å². The monoisotopic (exact) mass is 391 g/mol. The third-order valence-electron chi connectivity index (χ3n) is 3.36. The first-order valence-electron chi connectivity index (χ1n) is 7.44. The van der Waals surface area contributed by atoms with Gasteiger partial charge in [0.05, 0.1) is 0 Å². The van der Waals surface area contributed by atoms with E-state index in [0.717, 1.165) is 22.2 Å². The summed E-state index contributed by atoms with van der Waals surface area (Å²) >= 11 is 8.51. The highest BCUT2D eigenvalue weighted by molar-refractivity contribution is 8.04. The molecule has 1 aromatic carbocycles. The Kier molecular flexibility index (Phi) is 5.57. The zero-order valence-electron chi connectivity index (χ0n) is 13.2. The molecule has 0 spiro atoms. The van der Waals surface area contributed by atoms with Gasteiger partial charge in [0.2, 0.25) is 0 Å². The molecule has 2 heterocycles. The predicted molar refractivity (Wildman–Crippen MR) is 102 cm³/mol.